The Kier molecular flexibility index (Phi) is 4.81. The van der Waals surface area contributed by atoms with Gasteiger partial charge in [-0.25, -0.2) is 4.79 Å². The number of rotatable bonds is 6. The van der Waals surface area contributed by atoms with Gasteiger partial charge < -0.3 is 9.57 Å². The molecular formula is C15H11NO6. The number of ether oxygens (including phenoxy) is 1. The monoisotopic (exact) mass is 301 g/mol. The third-order valence-corrected chi connectivity index (χ3v) is 2.69. The van der Waals surface area contributed by atoms with E-state index < -0.39 is 16.8 Å². The van der Waals surface area contributed by atoms with Gasteiger partial charge >= 0.3 is 5.97 Å². The first kappa shape index (κ1) is 15.2. The Morgan fingerprint density at radius 1 is 1.00 bits per heavy atom. The van der Waals surface area contributed by atoms with E-state index in [-0.39, 0.29) is 17.9 Å². The standard InChI is InChI=1S/C15H11NO6/c17-14(12-4-2-1-3-5-12)15(18)22-13-8-6-11(7-9-13)10-21-16(19)20/h1-9H,10H2. The summed E-state index contributed by atoms with van der Waals surface area (Å²) in [5, 5.41) is 9.17. The fraction of sp³-hybridized carbons (Fsp3) is 0.0667. The van der Waals surface area contributed by atoms with Crippen LogP contribution in [0.1, 0.15) is 15.9 Å². The molecule has 0 aromatic heterocycles. The number of carbonyl (C=O) groups excluding carboxylic acids is 2. The van der Waals surface area contributed by atoms with Gasteiger partial charge in [-0.2, -0.15) is 0 Å². The molecule has 2 aromatic carbocycles. The van der Waals surface area contributed by atoms with Crippen molar-refractivity contribution in [3.05, 3.63) is 75.8 Å². The van der Waals surface area contributed by atoms with Crippen molar-refractivity contribution in [2.45, 2.75) is 6.61 Å². The molecule has 0 aliphatic heterocycles. The van der Waals surface area contributed by atoms with Gasteiger partial charge in [-0.15, -0.1) is 10.1 Å². The van der Waals surface area contributed by atoms with Gasteiger partial charge in [-0.1, -0.05) is 42.5 Å². The number of esters is 1. The van der Waals surface area contributed by atoms with Gasteiger partial charge in [0, 0.05) is 5.56 Å². The van der Waals surface area contributed by atoms with E-state index in [0.29, 0.717) is 5.56 Å². The van der Waals surface area contributed by atoms with E-state index in [1.54, 1.807) is 18.2 Å². The molecule has 0 fully saturated rings. The van der Waals surface area contributed by atoms with E-state index in [2.05, 4.69) is 4.84 Å². The normalized spacial score (nSPS) is 9.82. The summed E-state index contributed by atoms with van der Waals surface area (Å²) < 4.78 is 4.95. The van der Waals surface area contributed by atoms with Crippen LogP contribution in [0.15, 0.2) is 54.6 Å². The second kappa shape index (κ2) is 6.98. The van der Waals surface area contributed by atoms with Crippen molar-refractivity contribution in [2.24, 2.45) is 0 Å². The van der Waals surface area contributed by atoms with E-state index in [9.17, 15) is 19.7 Å². The maximum absolute atomic E-state index is 11.8. The highest BCUT2D eigenvalue weighted by Crippen LogP contribution is 2.14. The van der Waals surface area contributed by atoms with Crippen molar-refractivity contribution in [2.75, 3.05) is 0 Å². The first-order valence-corrected chi connectivity index (χ1v) is 6.24. The molecule has 0 unspecified atom stereocenters. The number of nitrogens with zero attached hydrogens (tertiary/aromatic N) is 1. The fourth-order valence-corrected chi connectivity index (χ4v) is 1.64. The highest BCUT2D eigenvalue weighted by molar-refractivity contribution is 6.41. The number of Topliss-reactive ketones (excluding diaryl/α,β-unsaturated/α-hetero) is 1. The number of carbonyl (C=O) groups is 2. The van der Waals surface area contributed by atoms with Crippen molar-refractivity contribution in [3.63, 3.8) is 0 Å². The number of hydrogen-bond acceptors (Lipinski definition) is 6. The zero-order valence-corrected chi connectivity index (χ0v) is 11.3. The van der Waals surface area contributed by atoms with E-state index in [1.165, 1.54) is 36.4 Å². The van der Waals surface area contributed by atoms with Gasteiger partial charge in [0.05, 0.1) is 0 Å². The smallest absolute Gasteiger partial charge is 0.385 e. The Morgan fingerprint density at radius 2 is 1.64 bits per heavy atom. The molecule has 22 heavy (non-hydrogen) atoms. The molecule has 0 amide bonds. The molecule has 112 valence electrons. The molecule has 0 saturated carbocycles. The zero-order valence-electron chi connectivity index (χ0n) is 11.3. The van der Waals surface area contributed by atoms with Crippen molar-refractivity contribution in [1.82, 2.24) is 0 Å². The number of benzene rings is 2. The van der Waals surface area contributed by atoms with Gasteiger partial charge in [0.25, 0.3) is 10.9 Å². The van der Waals surface area contributed by atoms with Gasteiger partial charge in [0.1, 0.15) is 12.4 Å². The molecule has 2 aromatic rings. The Labute approximate surface area is 125 Å². The van der Waals surface area contributed by atoms with Crippen LogP contribution in [0.4, 0.5) is 0 Å². The summed E-state index contributed by atoms with van der Waals surface area (Å²) in [6.07, 6.45) is 0. The lowest BCUT2D eigenvalue weighted by Gasteiger charge is -2.05. The third-order valence-electron chi connectivity index (χ3n) is 2.69. The molecule has 0 aliphatic carbocycles. The van der Waals surface area contributed by atoms with Crippen LogP contribution in [0.2, 0.25) is 0 Å². The molecule has 0 radical (unpaired) electrons. The highest BCUT2D eigenvalue weighted by Gasteiger charge is 2.18. The van der Waals surface area contributed by atoms with Gasteiger partial charge in [-0.05, 0) is 17.7 Å². The minimum absolute atomic E-state index is 0.166. The fourth-order valence-electron chi connectivity index (χ4n) is 1.64. The average Bonchev–Trinajstić information content (AvgIpc) is 2.54. The van der Waals surface area contributed by atoms with E-state index >= 15 is 0 Å². The van der Waals surface area contributed by atoms with Crippen molar-refractivity contribution in [1.29, 1.82) is 0 Å². The quantitative estimate of drug-likeness (QED) is 0.203. The molecule has 0 atom stereocenters. The minimum Gasteiger partial charge on any atom is -0.421 e. The van der Waals surface area contributed by atoms with E-state index in [4.69, 9.17) is 4.74 Å². The van der Waals surface area contributed by atoms with Crippen LogP contribution in [-0.4, -0.2) is 16.8 Å². The van der Waals surface area contributed by atoms with Crippen LogP contribution < -0.4 is 4.74 Å². The second-order valence-corrected chi connectivity index (χ2v) is 4.23. The van der Waals surface area contributed by atoms with Crippen LogP contribution in [0.3, 0.4) is 0 Å². The third kappa shape index (κ3) is 4.14. The second-order valence-electron chi connectivity index (χ2n) is 4.23. The Morgan fingerprint density at radius 3 is 2.23 bits per heavy atom. The van der Waals surface area contributed by atoms with Crippen LogP contribution in [-0.2, 0) is 16.2 Å². The minimum atomic E-state index is -1.000. The van der Waals surface area contributed by atoms with E-state index in [0.717, 1.165) is 0 Å². The number of hydrogen-bond donors (Lipinski definition) is 0. The lowest BCUT2D eigenvalue weighted by Crippen LogP contribution is -2.20. The topological polar surface area (TPSA) is 95.7 Å². The summed E-state index contributed by atoms with van der Waals surface area (Å²) in [7, 11) is 0. The predicted molar refractivity (Wildman–Crippen MR) is 74.6 cm³/mol. The molecule has 0 N–H and O–H groups in total. The molecule has 2 rings (SSSR count). The maximum atomic E-state index is 11.8. The Bertz CT molecular complexity index is 681. The van der Waals surface area contributed by atoms with Crippen molar-refractivity contribution in [3.8, 4) is 5.75 Å². The molecule has 7 heteroatoms. The van der Waals surface area contributed by atoms with Crippen molar-refractivity contribution < 1.29 is 24.3 Å². The summed E-state index contributed by atoms with van der Waals surface area (Å²) >= 11 is 0. The molecule has 0 heterocycles. The SMILES string of the molecule is O=C(Oc1ccc(CO[N+](=O)[O-])cc1)C(=O)c1ccccc1. The largest absolute Gasteiger partial charge is 0.421 e. The summed E-state index contributed by atoms with van der Waals surface area (Å²) in [6.45, 7) is -0.204. The maximum Gasteiger partial charge on any atom is 0.385 e. The van der Waals surface area contributed by atoms with Crippen LogP contribution >= 0.6 is 0 Å². The van der Waals surface area contributed by atoms with Crippen LogP contribution in [0.5, 0.6) is 5.75 Å². The molecule has 0 aliphatic rings. The van der Waals surface area contributed by atoms with E-state index in [1.807, 2.05) is 0 Å². The van der Waals surface area contributed by atoms with Crippen molar-refractivity contribution >= 4 is 11.8 Å². The van der Waals surface area contributed by atoms with Gasteiger partial charge in [-0.3, -0.25) is 4.79 Å². The first-order chi connectivity index (χ1) is 10.6. The summed E-state index contributed by atoms with van der Waals surface area (Å²) in [4.78, 5) is 37.8. The Hall–Kier alpha value is -3.22. The zero-order chi connectivity index (χ0) is 15.9. The number of ketones is 1. The summed E-state index contributed by atoms with van der Waals surface area (Å²) in [5.74, 6) is -1.58. The first-order valence-electron chi connectivity index (χ1n) is 6.24. The molecule has 0 saturated heterocycles. The molecular weight excluding hydrogens is 290 g/mol. The Balaban J connectivity index is 1.97. The molecule has 0 bridgehead atoms. The lowest BCUT2D eigenvalue weighted by atomic mass is 10.1. The summed E-state index contributed by atoms with van der Waals surface area (Å²) in [5.41, 5.74) is 0.773. The lowest BCUT2D eigenvalue weighted by molar-refractivity contribution is -0.763. The molecule has 0 spiro atoms. The van der Waals surface area contributed by atoms with Crippen LogP contribution in [0.25, 0.3) is 0 Å². The molecule has 7 nitrogen and oxygen atoms in total. The highest BCUT2D eigenvalue weighted by atomic mass is 16.9. The van der Waals surface area contributed by atoms with Gasteiger partial charge in [0.15, 0.2) is 0 Å². The van der Waals surface area contributed by atoms with Crippen LogP contribution in [0, 0.1) is 10.1 Å². The average molecular weight is 301 g/mol. The van der Waals surface area contributed by atoms with Gasteiger partial charge in [0.2, 0.25) is 0 Å². The predicted octanol–water partition coefficient (Wildman–Crippen LogP) is 2.18. The summed E-state index contributed by atoms with van der Waals surface area (Å²) in [6, 6.07) is 13.9.